The molecule has 1 nitrogen and oxygen atoms in total. The minimum atomic E-state index is 0.650. The van der Waals surface area contributed by atoms with Gasteiger partial charge in [0, 0.05) is 6.42 Å². The number of carbonyl (C=O) groups excluding carboxylic acids is 1. The smallest absolute Gasteiger partial charge is 0.120 e. The Morgan fingerprint density at radius 2 is 1.83 bits per heavy atom. The molecule has 0 saturated heterocycles. The van der Waals surface area contributed by atoms with Crippen molar-refractivity contribution in [3.8, 4) is 0 Å². The third-order valence-corrected chi connectivity index (χ3v) is 3.84. The van der Waals surface area contributed by atoms with Crippen molar-refractivity contribution in [3.63, 3.8) is 0 Å². The van der Waals surface area contributed by atoms with Crippen LogP contribution in [0.25, 0.3) is 0 Å². The van der Waals surface area contributed by atoms with Crippen molar-refractivity contribution in [3.05, 3.63) is 0 Å². The first kappa shape index (κ1) is 8.28. The van der Waals surface area contributed by atoms with Crippen LogP contribution in [0.3, 0.4) is 0 Å². The van der Waals surface area contributed by atoms with Gasteiger partial charge < -0.3 is 4.79 Å². The zero-order chi connectivity index (χ0) is 8.44. The molecular weight excluding hydrogens is 148 g/mol. The van der Waals surface area contributed by atoms with Gasteiger partial charge in [-0.25, -0.2) is 0 Å². The molecule has 68 valence electrons. The summed E-state index contributed by atoms with van der Waals surface area (Å²) in [5.41, 5.74) is 0.650. The van der Waals surface area contributed by atoms with E-state index in [0.717, 1.165) is 18.6 Å². The molecule has 2 fully saturated rings. The van der Waals surface area contributed by atoms with Gasteiger partial charge in [-0.2, -0.15) is 0 Å². The molecule has 12 heavy (non-hydrogen) atoms. The molecule has 0 aromatic rings. The third-order valence-electron chi connectivity index (χ3n) is 3.84. The maximum atomic E-state index is 10.4. The summed E-state index contributed by atoms with van der Waals surface area (Å²) in [4.78, 5) is 10.4. The van der Waals surface area contributed by atoms with Crippen LogP contribution in [0.5, 0.6) is 0 Å². The van der Waals surface area contributed by atoms with Gasteiger partial charge in [0.05, 0.1) is 0 Å². The number of hydrogen-bond donors (Lipinski definition) is 0. The Morgan fingerprint density at radius 3 is 2.42 bits per heavy atom. The predicted octanol–water partition coefficient (Wildman–Crippen LogP) is 2.94. The number of hydrogen-bond acceptors (Lipinski definition) is 1. The normalized spacial score (nSPS) is 32.8. The Morgan fingerprint density at radius 1 is 1.17 bits per heavy atom. The maximum Gasteiger partial charge on any atom is 0.120 e. The van der Waals surface area contributed by atoms with Gasteiger partial charge in [0.15, 0.2) is 0 Å². The summed E-state index contributed by atoms with van der Waals surface area (Å²) < 4.78 is 0. The summed E-state index contributed by atoms with van der Waals surface area (Å²) >= 11 is 0. The molecule has 0 amide bonds. The van der Waals surface area contributed by atoms with Crippen LogP contribution in [0.1, 0.15) is 51.4 Å². The van der Waals surface area contributed by atoms with E-state index in [-0.39, 0.29) is 0 Å². The quantitative estimate of drug-likeness (QED) is 0.576. The first-order valence-electron chi connectivity index (χ1n) is 5.31. The summed E-state index contributed by atoms with van der Waals surface area (Å²) in [6.07, 6.45) is 11.8. The molecule has 0 heterocycles. The minimum Gasteiger partial charge on any atom is -0.303 e. The van der Waals surface area contributed by atoms with Crippen LogP contribution in [0.15, 0.2) is 0 Å². The molecule has 1 spiro atoms. The summed E-state index contributed by atoms with van der Waals surface area (Å²) in [7, 11) is 0. The van der Waals surface area contributed by atoms with Crippen LogP contribution in [0, 0.1) is 11.3 Å². The third kappa shape index (κ3) is 1.41. The lowest BCUT2D eigenvalue weighted by molar-refractivity contribution is -0.108. The zero-order valence-electron chi connectivity index (χ0n) is 7.72. The lowest BCUT2D eigenvalue weighted by Crippen LogP contribution is -2.02. The van der Waals surface area contributed by atoms with Crippen LogP contribution in [0.4, 0.5) is 0 Å². The second-order valence-electron chi connectivity index (χ2n) is 4.58. The maximum absolute atomic E-state index is 10.4. The van der Waals surface area contributed by atoms with Crippen LogP contribution in [-0.4, -0.2) is 6.29 Å². The highest BCUT2D eigenvalue weighted by molar-refractivity contribution is 5.51. The number of rotatable bonds is 2. The SMILES string of the molecule is O=CCC1CC12CCCCCC2. The predicted molar refractivity (Wildman–Crippen MR) is 48.9 cm³/mol. The van der Waals surface area contributed by atoms with E-state index in [1.54, 1.807) is 0 Å². The first-order valence-corrected chi connectivity index (χ1v) is 5.31. The monoisotopic (exact) mass is 166 g/mol. The zero-order valence-corrected chi connectivity index (χ0v) is 7.72. The van der Waals surface area contributed by atoms with E-state index in [1.165, 1.54) is 44.9 Å². The number of aldehydes is 1. The topological polar surface area (TPSA) is 17.1 Å². The van der Waals surface area contributed by atoms with E-state index in [2.05, 4.69) is 0 Å². The molecule has 0 N–H and O–H groups in total. The average Bonchev–Trinajstić information content (AvgIpc) is 2.79. The molecule has 1 atom stereocenters. The molecule has 2 rings (SSSR count). The standard InChI is InChI=1S/C11H18O/c12-8-5-10-9-11(10)6-3-1-2-4-7-11/h8,10H,1-7,9H2. The molecule has 2 aliphatic carbocycles. The van der Waals surface area contributed by atoms with E-state index in [1.807, 2.05) is 0 Å². The van der Waals surface area contributed by atoms with Gasteiger partial charge in [0.2, 0.25) is 0 Å². The van der Waals surface area contributed by atoms with Crippen molar-refractivity contribution in [2.75, 3.05) is 0 Å². The van der Waals surface area contributed by atoms with E-state index >= 15 is 0 Å². The minimum absolute atomic E-state index is 0.650. The summed E-state index contributed by atoms with van der Waals surface area (Å²) in [6.45, 7) is 0. The van der Waals surface area contributed by atoms with Crippen molar-refractivity contribution in [1.82, 2.24) is 0 Å². The highest BCUT2D eigenvalue weighted by Gasteiger charge is 2.52. The van der Waals surface area contributed by atoms with Crippen LogP contribution in [-0.2, 0) is 4.79 Å². The van der Waals surface area contributed by atoms with Gasteiger partial charge in [-0.15, -0.1) is 0 Å². The van der Waals surface area contributed by atoms with Gasteiger partial charge in [-0.1, -0.05) is 25.7 Å². The lowest BCUT2D eigenvalue weighted by atomic mass is 9.93. The molecule has 0 radical (unpaired) electrons. The van der Waals surface area contributed by atoms with E-state index in [9.17, 15) is 4.79 Å². The van der Waals surface area contributed by atoms with Gasteiger partial charge in [-0.05, 0) is 30.6 Å². The second-order valence-corrected chi connectivity index (χ2v) is 4.58. The lowest BCUT2D eigenvalue weighted by Gasteiger charge is -2.12. The molecule has 1 unspecified atom stereocenters. The molecule has 2 saturated carbocycles. The van der Waals surface area contributed by atoms with Crippen LogP contribution < -0.4 is 0 Å². The van der Waals surface area contributed by atoms with Gasteiger partial charge >= 0.3 is 0 Å². The Bertz CT molecular complexity index is 166. The van der Waals surface area contributed by atoms with E-state index in [4.69, 9.17) is 0 Å². The Balaban J connectivity index is 1.89. The highest BCUT2D eigenvalue weighted by atomic mass is 16.1. The Labute approximate surface area is 74.5 Å². The molecule has 0 bridgehead atoms. The fourth-order valence-corrected chi connectivity index (χ4v) is 2.93. The van der Waals surface area contributed by atoms with Crippen LogP contribution in [0.2, 0.25) is 0 Å². The van der Waals surface area contributed by atoms with Crippen molar-refractivity contribution < 1.29 is 4.79 Å². The largest absolute Gasteiger partial charge is 0.303 e. The van der Waals surface area contributed by atoms with Crippen molar-refractivity contribution >= 4 is 6.29 Å². The molecule has 0 aromatic heterocycles. The summed E-state index contributed by atoms with van der Waals surface area (Å²) in [5.74, 6) is 0.771. The molecular formula is C11H18O. The van der Waals surface area contributed by atoms with Crippen LogP contribution >= 0.6 is 0 Å². The van der Waals surface area contributed by atoms with Gasteiger partial charge in [0.1, 0.15) is 6.29 Å². The van der Waals surface area contributed by atoms with Crippen molar-refractivity contribution in [2.45, 2.75) is 51.4 Å². The molecule has 1 heteroatoms. The Hall–Kier alpha value is -0.330. The van der Waals surface area contributed by atoms with E-state index < -0.39 is 0 Å². The first-order chi connectivity index (χ1) is 5.87. The second kappa shape index (κ2) is 3.20. The number of carbonyl (C=O) groups is 1. The molecule has 0 aliphatic heterocycles. The van der Waals surface area contributed by atoms with Gasteiger partial charge in [0.25, 0.3) is 0 Å². The molecule has 2 aliphatic rings. The van der Waals surface area contributed by atoms with Crippen molar-refractivity contribution in [1.29, 1.82) is 0 Å². The summed E-state index contributed by atoms with van der Waals surface area (Å²) in [5, 5.41) is 0. The highest BCUT2D eigenvalue weighted by Crippen LogP contribution is 2.61. The van der Waals surface area contributed by atoms with Crippen molar-refractivity contribution in [2.24, 2.45) is 11.3 Å². The Kier molecular flexibility index (Phi) is 2.20. The molecule has 0 aromatic carbocycles. The van der Waals surface area contributed by atoms with Gasteiger partial charge in [-0.3, -0.25) is 0 Å². The van der Waals surface area contributed by atoms with E-state index in [0.29, 0.717) is 5.41 Å². The fraction of sp³-hybridized carbons (Fsp3) is 0.909. The summed E-state index contributed by atoms with van der Waals surface area (Å²) in [6, 6.07) is 0. The average molecular weight is 166 g/mol. The fourth-order valence-electron chi connectivity index (χ4n) is 2.93.